The molecule has 4 aromatic rings. The highest BCUT2D eigenvalue weighted by Gasteiger charge is 2.38. The van der Waals surface area contributed by atoms with Crippen LogP contribution in [0.15, 0.2) is 72.8 Å². The first-order valence-electron chi connectivity index (χ1n) is 14.3. The minimum atomic E-state index is -0.284. The monoisotopic (exact) mass is 598 g/mol. The normalized spacial score (nSPS) is 16.5. The van der Waals surface area contributed by atoms with Gasteiger partial charge in [-0.2, -0.15) is 5.10 Å². The summed E-state index contributed by atoms with van der Waals surface area (Å²) >= 11 is 1.52. The van der Waals surface area contributed by atoms with Gasteiger partial charge in [0.25, 0.3) is 0 Å². The molecule has 9 nitrogen and oxygen atoms in total. The molecule has 0 radical (unpaired) electrons. The molecule has 222 valence electrons. The summed E-state index contributed by atoms with van der Waals surface area (Å²) in [4.78, 5) is 31.0. The van der Waals surface area contributed by atoms with Crippen LogP contribution in [-0.2, 0) is 9.59 Å². The summed E-state index contributed by atoms with van der Waals surface area (Å²) in [5.41, 5.74) is 4.21. The molecule has 0 unspecified atom stereocenters. The molecule has 1 aromatic heterocycles. The van der Waals surface area contributed by atoms with Crippen LogP contribution in [-0.4, -0.2) is 73.2 Å². The molecule has 3 aromatic carbocycles. The van der Waals surface area contributed by atoms with Crippen molar-refractivity contribution in [1.82, 2.24) is 14.7 Å². The molecule has 1 saturated heterocycles. The topological polar surface area (TPSA) is 86.1 Å². The number of aromatic nitrogens is 2. The fourth-order valence-corrected chi connectivity index (χ4v) is 6.90. The Labute approximate surface area is 255 Å². The summed E-state index contributed by atoms with van der Waals surface area (Å²) in [5, 5.41) is 4.87. The smallest absolute Gasteiger partial charge is 0.242 e. The molecule has 1 atom stereocenters. The van der Waals surface area contributed by atoms with Gasteiger partial charge < -0.3 is 19.1 Å². The third kappa shape index (κ3) is 5.54. The van der Waals surface area contributed by atoms with E-state index in [9.17, 15) is 9.59 Å². The molecule has 2 aliphatic heterocycles. The van der Waals surface area contributed by atoms with E-state index in [2.05, 4.69) is 0 Å². The van der Waals surface area contributed by atoms with Crippen molar-refractivity contribution in [2.45, 2.75) is 18.1 Å². The van der Waals surface area contributed by atoms with Gasteiger partial charge in [-0.05, 0) is 54.8 Å². The first-order chi connectivity index (χ1) is 21.0. The first-order valence-corrected chi connectivity index (χ1v) is 15.3. The van der Waals surface area contributed by atoms with E-state index in [0.29, 0.717) is 36.2 Å². The van der Waals surface area contributed by atoms with Gasteiger partial charge in [0, 0.05) is 24.2 Å². The molecule has 0 saturated carbocycles. The molecule has 0 aliphatic carbocycles. The molecule has 1 fully saturated rings. The molecular formula is C33H34N4O5S. The number of nitrogens with zero attached hydrogens (tertiary/aromatic N) is 4. The maximum Gasteiger partial charge on any atom is 0.242 e. The Morgan fingerprint density at radius 2 is 1.63 bits per heavy atom. The van der Waals surface area contributed by atoms with Crippen molar-refractivity contribution in [3.63, 3.8) is 0 Å². The molecule has 6 rings (SSSR count). The summed E-state index contributed by atoms with van der Waals surface area (Å²) in [7, 11) is 4.84. The molecule has 0 bridgehead atoms. The second-order valence-corrected chi connectivity index (χ2v) is 11.5. The zero-order valence-corrected chi connectivity index (χ0v) is 25.3. The van der Waals surface area contributed by atoms with E-state index in [1.807, 2.05) is 77.7 Å². The highest BCUT2D eigenvalue weighted by Crippen LogP contribution is 2.49. The predicted octanol–water partition coefficient (Wildman–Crippen LogP) is 5.36. The standard InChI is InChI=1S/C33H34N4O5S/c1-40-25-14-12-24(13-15-25)37-33-30(31(34-37)22-9-5-4-6-10-22)32(23-11-16-26(41-2)27(19-23)42-3)43-21-29(39)36(33)20-28(38)35-17-7-8-18-35/h4-6,9-16,19,32H,7-8,17-18,20-21H2,1-3H3/t32-/m0/s1. The van der Waals surface area contributed by atoms with Gasteiger partial charge in [-0.15, -0.1) is 11.8 Å². The van der Waals surface area contributed by atoms with Gasteiger partial charge in [-0.3, -0.25) is 14.5 Å². The number of benzene rings is 3. The Hall–Kier alpha value is -4.44. The number of likely N-dealkylation sites (tertiary alicyclic amines) is 1. The highest BCUT2D eigenvalue weighted by atomic mass is 32.2. The maximum absolute atomic E-state index is 14.0. The lowest BCUT2D eigenvalue weighted by atomic mass is 9.99. The van der Waals surface area contributed by atoms with Crippen LogP contribution >= 0.6 is 11.8 Å². The summed E-state index contributed by atoms with van der Waals surface area (Å²) in [6, 6.07) is 23.3. The lowest BCUT2D eigenvalue weighted by Crippen LogP contribution is -2.43. The van der Waals surface area contributed by atoms with Crippen molar-refractivity contribution in [2.75, 3.05) is 51.6 Å². The molecule has 0 N–H and O–H groups in total. The van der Waals surface area contributed by atoms with Crippen LogP contribution in [0.1, 0.15) is 29.2 Å². The minimum Gasteiger partial charge on any atom is -0.497 e. The average Bonchev–Trinajstić information content (AvgIpc) is 3.71. The van der Waals surface area contributed by atoms with Gasteiger partial charge >= 0.3 is 0 Å². The number of hydrogen-bond acceptors (Lipinski definition) is 7. The van der Waals surface area contributed by atoms with Gasteiger partial charge in [-0.25, -0.2) is 4.68 Å². The quantitative estimate of drug-likeness (QED) is 0.270. The Balaban J connectivity index is 1.60. The molecule has 3 heterocycles. The number of rotatable bonds is 8. The van der Waals surface area contributed by atoms with Crippen LogP contribution in [0.2, 0.25) is 0 Å². The average molecular weight is 599 g/mol. The number of amides is 2. The number of methoxy groups -OCH3 is 3. The van der Waals surface area contributed by atoms with Crippen LogP contribution in [0.5, 0.6) is 17.2 Å². The van der Waals surface area contributed by atoms with Crippen LogP contribution < -0.4 is 19.1 Å². The lowest BCUT2D eigenvalue weighted by molar-refractivity contribution is -0.130. The maximum atomic E-state index is 14.0. The molecule has 43 heavy (non-hydrogen) atoms. The molecular weight excluding hydrogens is 564 g/mol. The Kier molecular flexibility index (Phi) is 8.29. The van der Waals surface area contributed by atoms with Crippen LogP contribution in [0.25, 0.3) is 16.9 Å². The molecule has 0 spiro atoms. The van der Waals surface area contributed by atoms with Crippen molar-refractivity contribution < 1.29 is 23.8 Å². The van der Waals surface area contributed by atoms with E-state index in [-0.39, 0.29) is 29.4 Å². The van der Waals surface area contributed by atoms with E-state index < -0.39 is 0 Å². The zero-order valence-electron chi connectivity index (χ0n) is 24.5. The first kappa shape index (κ1) is 28.7. The zero-order chi connectivity index (χ0) is 29.9. The third-order valence-corrected chi connectivity index (χ3v) is 9.17. The number of carbonyl (C=O) groups is 2. The minimum absolute atomic E-state index is 0.0544. The van der Waals surface area contributed by atoms with E-state index in [1.165, 1.54) is 11.8 Å². The lowest BCUT2D eigenvalue weighted by Gasteiger charge is -2.25. The van der Waals surface area contributed by atoms with Crippen molar-refractivity contribution >= 4 is 29.4 Å². The van der Waals surface area contributed by atoms with Crippen molar-refractivity contribution in [1.29, 1.82) is 0 Å². The summed E-state index contributed by atoms with van der Waals surface area (Å²) in [5.74, 6) is 2.51. The van der Waals surface area contributed by atoms with Crippen LogP contribution in [0.3, 0.4) is 0 Å². The fraction of sp³-hybridized carbons (Fsp3) is 0.303. The van der Waals surface area contributed by atoms with Crippen molar-refractivity contribution in [3.05, 3.63) is 83.9 Å². The predicted molar refractivity (Wildman–Crippen MR) is 168 cm³/mol. The third-order valence-electron chi connectivity index (χ3n) is 7.92. The number of hydrogen-bond donors (Lipinski definition) is 0. The number of anilines is 1. The van der Waals surface area contributed by atoms with Gasteiger partial charge in [-0.1, -0.05) is 36.4 Å². The van der Waals surface area contributed by atoms with Gasteiger partial charge in [0.2, 0.25) is 11.8 Å². The van der Waals surface area contributed by atoms with E-state index >= 15 is 0 Å². The molecule has 2 amide bonds. The summed E-state index contributed by atoms with van der Waals surface area (Å²) in [6.07, 6.45) is 1.95. The van der Waals surface area contributed by atoms with E-state index in [4.69, 9.17) is 19.3 Å². The van der Waals surface area contributed by atoms with Gasteiger partial charge in [0.15, 0.2) is 11.5 Å². The summed E-state index contributed by atoms with van der Waals surface area (Å²) in [6.45, 7) is 1.37. The second kappa shape index (κ2) is 12.4. The molecule has 10 heteroatoms. The van der Waals surface area contributed by atoms with E-state index in [1.54, 1.807) is 30.9 Å². The second-order valence-electron chi connectivity index (χ2n) is 10.4. The summed E-state index contributed by atoms with van der Waals surface area (Å²) < 4.78 is 18.4. The number of carbonyl (C=O) groups excluding carboxylic acids is 2. The largest absolute Gasteiger partial charge is 0.497 e. The van der Waals surface area contributed by atoms with Crippen LogP contribution in [0.4, 0.5) is 5.82 Å². The number of fused-ring (bicyclic) bond motifs is 1. The van der Waals surface area contributed by atoms with Gasteiger partial charge in [0.1, 0.15) is 18.1 Å². The number of ether oxygens (including phenoxy) is 3. The molecule has 2 aliphatic rings. The van der Waals surface area contributed by atoms with Crippen molar-refractivity contribution in [3.8, 4) is 34.2 Å². The Morgan fingerprint density at radius 1 is 0.907 bits per heavy atom. The Bertz CT molecular complexity index is 1620. The van der Waals surface area contributed by atoms with Gasteiger partial charge in [0.05, 0.1) is 43.7 Å². The SMILES string of the molecule is COc1ccc(-n2nc(-c3ccccc3)c3c2N(CC(=O)N2CCCC2)C(=O)CS[C@H]3c2ccc(OC)c(OC)c2)cc1. The number of thioether (sulfide) groups is 1. The fourth-order valence-electron chi connectivity index (χ4n) is 5.71. The Morgan fingerprint density at radius 3 is 2.30 bits per heavy atom. The van der Waals surface area contributed by atoms with Crippen molar-refractivity contribution in [2.24, 2.45) is 0 Å². The highest BCUT2D eigenvalue weighted by molar-refractivity contribution is 8.00. The van der Waals surface area contributed by atoms with Crippen LogP contribution in [0, 0.1) is 0 Å². The van der Waals surface area contributed by atoms with E-state index in [0.717, 1.165) is 40.9 Å².